The molecular weight excluding hydrogens is 376 g/mol. The maximum Gasteiger partial charge on any atom is 0.119 e. The van der Waals surface area contributed by atoms with Gasteiger partial charge in [0.2, 0.25) is 0 Å². The summed E-state index contributed by atoms with van der Waals surface area (Å²) in [5, 5.41) is 0. The van der Waals surface area contributed by atoms with Crippen LogP contribution in [0, 0.1) is 23.7 Å². The molecule has 2 fully saturated rings. The Morgan fingerprint density at radius 2 is 1.13 bits per heavy atom. The zero-order valence-corrected chi connectivity index (χ0v) is 20.8. The van der Waals surface area contributed by atoms with E-state index < -0.39 is 0 Å². The number of hydrogen-bond donors (Lipinski definition) is 0. The Hall–Kier alpha value is -0.980. The lowest BCUT2D eigenvalue weighted by Gasteiger charge is -2.28. The Kier molecular flexibility index (Phi) is 11.3. The molecule has 0 amide bonds. The minimum Gasteiger partial charge on any atom is -0.494 e. The molecule has 1 nitrogen and oxygen atoms in total. The van der Waals surface area contributed by atoms with Gasteiger partial charge in [0.05, 0.1) is 6.61 Å². The summed E-state index contributed by atoms with van der Waals surface area (Å²) in [5.41, 5.74) is 1.49. The van der Waals surface area contributed by atoms with Crippen molar-refractivity contribution in [2.75, 3.05) is 6.61 Å². The summed E-state index contributed by atoms with van der Waals surface area (Å²) in [4.78, 5) is 0. The van der Waals surface area contributed by atoms with Gasteiger partial charge >= 0.3 is 0 Å². The summed E-state index contributed by atoms with van der Waals surface area (Å²) >= 11 is 0. The fourth-order valence-electron chi connectivity index (χ4n) is 6.20. The molecule has 31 heavy (non-hydrogen) atoms. The monoisotopic (exact) mass is 426 g/mol. The van der Waals surface area contributed by atoms with Gasteiger partial charge in [0.25, 0.3) is 0 Å². The summed E-state index contributed by atoms with van der Waals surface area (Å²) in [6.07, 6.45) is 24.0. The molecule has 0 N–H and O–H groups in total. The first-order valence-electron chi connectivity index (χ1n) is 14.0. The summed E-state index contributed by atoms with van der Waals surface area (Å²) in [5.74, 6) is 5.04. The lowest BCUT2D eigenvalue weighted by atomic mass is 9.78. The Bertz CT molecular complexity index is 561. The van der Waals surface area contributed by atoms with Gasteiger partial charge in [0, 0.05) is 0 Å². The van der Waals surface area contributed by atoms with Crippen LogP contribution < -0.4 is 4.74 Å². The summed E-state index contributed by atoms with van der Waals surface area (Å²) in [7, 11) is 0. The quantitative estimate of drug-likeness (QED) is 0.285. The van der Waals surface area contributed by atoms with Gasteiger partial charge in [-0.25, -0.2) is 0 Å². The number of unbranched alkanes of at least 4 members (excludes halogenated alkanes) is 1. The highest BCUT2D eigenvalue weighted by Crippen LogP contribution is 2.35. The molecule has 0 bridgehead atoms. The molecule has 0 atom stereocenters. The van der Waals surface area contributed by atoms with E-state index in [4.69, 9.17) is 4.74 Å². The van der Waals surface area contributed by atoms with Crippen LogP contribution in [0.3, 0.4) is 0 Å². The first-order chi connectivity index (χ1) is 15.3. The highest BCUT2D eigenvalue weighted by molar-refractivity contribution is 5.27. The van der Waals surface area contributed by atoms with Crippen molar-refractivity contribution < 1.29 is 4.74 Å². The maximum atomic E-state index is 6.06. The number of rotatable bonds is 13. The van der Waals surface area contributed by atoms with Crippen LogP contribution in [-0.4, -0.2) is 6.61 Å². The van der Waals surface area contributed by atoms with Crippen LogP contribution in [0.5, 0.6) is 5.75 Å². The Balaban J connectivity index is 1.24. The van der Waals surface area contributed by atoms with E-state index in [1.54, 1.807) is 0 Å². The van der Waals surface area contributed by atoms with Gasteiger partial charge in [-0.05, 0) is 67.1 Å². The molecule has 0 aromatic heterocycles. The summed E-state index contributed by atoms with van der Waals surface area (Å²) in [6, 6.07) is 9.00. The summed E-state index contributed by atoms with van der Waals surface area (Å²) < 4.78 is 6.06. The topological polar surface area (TPSA) is 9.23 Å². The zero-order chi connectivity index (χ0) is 21.7. The lowest BCUT2D eigenvalue weighted by Crippen LogP contribution is -2.15. The molecule has 1 aromatic rings. The largest absolute Gasteiger partial charge is 0.494 e. The Morgan fingerprint density at radius 3 is 1.68 bits per heavy atom. The molecule has 0 spiro atoms. The second-order valence-corrected chi connectivity index (χ2v) is 10.9. The van der Waals surface area contributed by atoms with Crippen LogP contribution in [0.1, 0.15) is 122 Å². The van der Waals surface area contributed by atoms with Crippen molar-refractivity contribution in [3.8, 4) is 5.75 Å². The second kappa shape index (κ2) is 14.2. The predicted octanol–water partition coefficient (Wildman–Crippen LogP) is 9.38. The Labute approximate surface area is 193 Å². The first-order valence-corrected chi connectivity index (χ1v) is 14.0. The average Bonchev–Trinajstić information content (AvgIpc) is 2.82. The van der Waals surface area contributed by atoms with E-state index in [1.165, 1.54) is 115 Å². The molecule has 0 radical (unpaired) electrons. The van der Waals surface area contributed by atoms with Crippen molar-refractivity contribution in [2.45, 2.75) is 123 Å². The van der Waals surface area contributed by atoms with E-state index in [2.05, 4.69) is 38.1 Å². The maximum absolute atomic E-state index is 6.06. The van der Waals surface area contributed by atoms with Crippen LogP contribution in [0.25, 0.3) is 0 Å². The first kappa shape index (κ1) is 24.7. The minimum atomic E-state index is 0.885. The third kappa shape index (κ3) is 9.19. The third-order valence-electron chi connectivity index (χ3n) is 8.39. The van der Waals surface area contributed by atoms with Gasteiger partial charge in [-0.1, -0.05) is 109 Å². The lowest BCUT2D eigenvalue weighted by molar-refractivity contribution is 0.228. The molecule has 0 heterocycles. The van der Waals surface area contributed by atoms with Crippen molar-refractivity contribution in [3.05, 3.63) is 29.8 Å². The van der Waals surface area contributed by atoms with E-state index in [0.29, 0.717) is 0 Å². The van der Waals surface area contributed by atoms with Crippen molar-refractivity contribution in [2.24, 2.45) is 23.7 Å². The molecule has 1 aromatic carbocycles. The van der Waals surface area contributed by atoms with E-state index >= 15 is 0 Å². The molecule has 1 heteroatoms. The Morgan fingerprint density at radius 1 is 0.613 bits per heavy atom. The normalized spacial score (nSPS) is 26.6. The van der Waals surface area contributed by atoms with Crippen molar-refractivity contribution >= 4 is 0 Å². The average molecular weight is 427 g/mol. The van der Waals surface area contributed by atoms with Gasteiger partial charge in [-0.15, -0.1) is 0 Å². The molecule has 2 aliphatic rings. The fourth-order valence-corrected chi connectivity index (χ4v) is 6.20. The molecule has 176 valence electrons. The third-order valence-corrected chi connectivity index (χ3v) is 8.39. The van der Waals surface area contributed by atoms with E-state index in [1.807, 2.05) is 0 Å². The van der Waals surface area contributed by atoms with Crippen LogP contribution in [0.4, 0.5) is 0 Å². The van der Waals surface area contributed by atoms with E-state index in [0.717, 1.165) is 36.0 Å². The molecule has 0 saturated heterocycles. The predicted molar refractivity (Wildman–Crippen MR) is 135 cm³/mol. The molecule has 0 aliphatic heterocycles. The fraction of sp³-hybridized carbons (Fsp3) is 0.800. The minimum absolute atomic E-state index is 0.885. The van der Waals surface area contributed by atoms with Gasteiger partial charge in [0.1, 0.15) is 5.75 Å². The van der Waals surface area contributed by atoms with Gasteiger partial charge in [-0.3, -0.25) is 0 Å². The van der Waals surface area contributed by atoms with Gasteiger partial charge < -0.3 is 4.74 Å². The molecule has 2 saturated carbocycles. The van der Waals surface area contributed by atoms with Crippen molar-refractivity contribution in [3.63, 3.8) is 0 Å². The van der Waals surface area contributed by atoms with E-state index in [-0.39, 0.29) is 0 Å². The van der Waals surface area contributed by atoms with Gasteiger partial charge in [-0.2, -0.15) is 0 Å². The second-order valence-electron chi connectivity index (χ2n) is 10.9. The van der Waals surface area contributed by atoms with Crippen LogP contribution in [0.2, 0.25) is 0 Å². The SMILES string of the molecule is CCCC[C@H]1CC[C@H](CCCOc2ccc(CC[C@H]3CC[C@H](CCC)CC3)cc2)CC1. The highest BCUT2D eigenvalue weighted by Gasteiger charge is 2.21. The van der Waals surface area contributed by atoms with Crippen LogP contribution in [0.15, 0.2) is 24.3 Å². The molecular formula is C30H50O. The van der Waals surface area contributed by atoms with Gasteiger partial charge in [0.15, 0.2) is 0 Å². The van der Waals surface area contributed by atoms with Crippen molar-refractivity contribution in [1.82, 2.24) is 0 Å². The zero-order valence-electron chi connectivity index (χ0n) is 20.8. The van der Waals surface area contributed by atoms with Crippen LogP contribution in [-0.2, 0) is 6.42 Å². The highest BCUT2D eigenvalue weighted by atomic mass is 16.5. The number of ether oxygens (including phenoxy) is 1. The molecule has 0 unspecified atom stereocenters. The number of benzene rings is 1. The molecule has 3 rings (SSSR count). The molecule has 2 aliphatic carbocycles. The standard InChI is InChI=1S/C30H50O/c1-3-5-8-26-12-14-27(15-13-26)9-6-24-31-30-22-20-29(21-23-30)19-18-28-16-10-25(7-4-2)11-17-28/h20-23,25-28H,3-19,24H2,1-2H3/t25-,26-,27-,28-. The number of hydrogen-bond acceptors (Lipinski definition) is 1. The summed E-state index contributed by atoms with van der Waals surface area (Å²) in [6.45, 7) is 5.54. The number of aryl methyl sites for hydroxylation is 1. The van der Waals surface area contributed by atoms with E-state index in [9.17, 15) is 0 Å². The van der Waals surface area contributed by atoms with Crippen LogP contribution >= 0.6 is 0 Å². The smallest absolute Gasteiger partial charge is 0.119 e. The van der Waals surface area contributed by atoms with Crippen molar-refractivity contribution in [1.29, 1.82) is 0 Å².